The quantitative estimate of drug-likeness (QED) is 0.785. The Morgan fingerprint density at radius 2 is 1.79 bits per heavy atom. The Kier molecular flexibility index (Phi) is 5.57. The highest BCUT2D eigenvalue weighted by molar-refractivity contribution is 5.89. The second-order valence-corrected chi connectivity index (χ2v) is 5.39. The minimum atomic E-state index is -0.681. The zero-order valence-electron chi connectivity index (χ0n) is 12.0. The Morgan fingerprint density at radius 3 is 2.21 bits per heavy atom. The van der Waals surface area contributed by atoms with Crippen LogP contribution in [-0.4, -0.2) is 12.4 Å². The number of carbonyl (C=O) groups is 1. The van der Waals surface area contributed by atoms with Gasteiger partial charge in [0.05, 0.1) is 12.7 Å². The van der Waals surface area contributed by atoms with Crippen LogP contribution in [0.4, 0.5) is 0 Å². The molecule has 3 nitrogen and oxygen atoms in total. The first-order valence-corrected chi connectivity index (χ1v) is 6.61. The Hall–Kier alpha value is -1.82. The van der Waals surface area contributed by atoms with Crippen LogP contribution in [0.1, 0.15) is 39.2 Å². The number of ketones is 1. The van der Waals surface area contributed by atoms with Gasteiger partial charge in [0.1, 0.15) is 11.7 Å². The maximum Gasteiger partial charge on any atom is 0.156 e. The Labute approximate surface area is 115 Å². The Bertz CT molecular complexity index is 455. The maximum atomic E-state index is 11.9. The van der Waals surface area contributed by atoms with Crippen molar-refractivity contribution in [2.75, 3.05) is 6.61 Å². The van der Waals surface area contributed by atoms with Gasteiger partial charge in [0, 0.05) is 5.92 Å². The van der Waals surface area contributed by atoms with Crippen LogP contribution in [0.3, 0.4) is 0 Å². The van der Waals surface area contributed by atoms with Crippen molar-refractivity contribution in [2.45, 2.75) is 33.6 Å². The van der Waals surface area contributed by atoms with Gasteiger partial charge in [-0.05, 0) is 23.6 Å². The highest BCUT2D eigenvalue weighted by Crippen LogP contribution is 2.22. The van der Waals surface area contributed by atoms with Crippen molar-refractivity contribution in [2.24, 2.45) is 11.8 Å². The van der Waals surface area contributed by atoms with Crippen molar-refractivity contribution in [3.63, 3.8) is 0 Å². The molecule has 102 valence electrons. The lowest BCUT2D eigenvalue weighted by Gasteiger charge is -2.12. The fourth-order valence-corrected chi connectivity index (χ4v) is 1.66. The van der Waals surface area contributed by atoms with Crippen LogP contribution in [0.2, 0.25) is 0 Å². The third-order valence-corrected chi connectivity index (χ3v) is 2.78. The number of Topliss-reactive ketones (excluding diaryl/α,β-unsaturated/α-hetero) is 1. The number of carbonyl (C=O) groups excluding carboxylic acids is 1. The van der Waals surface area contributed by atoms with E-state index >= 15 is 0 Å². The lowest BCUT2D eigenvalue weighted by Crippen LogP contribution is -2.16. The molecule has 0 amide bonds. The van der Waals surface area contributed by atoms with Gasteiger partial charge in [-0.3, -0.25) is 4.79 Å². The summed E-state index contributed by atoms with van der Waals surface area (Å²) in [5, 5.41) is 9.14. The molecule has 0 aromatic heterocycles. The molecule has 0 saturated heterocycles. The topological polar surface area (TPSA) is 50.1 Å². The van der Waals surface area contributed by atoms with E-state index in [9.17, 15) is 4.79 Å². The minimum Gasteiger partial charge on any atom is -0.493 e. The molecule has 0 heterocycles. The lowest BCUT2D eigenvalue weighted by atomic mass is 9.90. The van der Waals surface area contributed by atoms with Gasteiger partial charge < -0.3 is 4.74 Å². The van der Waals surface area contributed by atoms with E-state index in [-0.39, 0.29) is 11.7 Å². The van der Waals surface area contributed by atoms with Crippen LogP contribution in [0.15, 0.2) is 24.3 Å². The van der Waals surface area contributed by atoms with Gasteiger partial charge in [-0.15, -0.1) is 0 Å². The lowest BCUT2D eigenvalue weighted by molar-refractivity contribution is -0.122. The number of nitrogens with zero attached hydrogens (tertiary/aromatic N) is 1. The summed E-state index contributed by atoms with van der Waals surface area (Å²) in [6, 6.07) is 9.30. The molecule has 0 radical (unpaired) electrons. The summed E-state index contributed by atoms with van der Waals surface area (Å²) in [5.74, 6) is 0.374. The summed E-state index contributed by atoms with van der Waals surface area (Å²) in [6.45, 7) is 8.45. The summed E-state index contributed by atoms with van der Waals surface area (Å²) < 4.78 is 5.58. The van der Waals surface area contributed by atoms with Crippen LogP contribution in [-0.2, 0) is 4.79 Å². The normalized spacial score (nSPS) is 12.3. The molecule has 0 N–H and O–H groups in total. The van der Waals surface area contributed by atoms with Gasteiger partial charge in [-0.1, -0.05) is 39.8 Å². The molecular weight excluding hydrogens is 238 g/mol. The SMILES string of the molecule is CC(C)COc1ccc(C(C#N)C(=O)C(C)C)cc1. The Morgan fingerprint density at radius 1 is 1.21 bits per heavy atom. The largest absolute Gasteiger partial charge is 0.493 e. The molecule has 19 heavy (non-hydrogen) atoms. The number of hydrogen-bond acceptors (Lipinski definition) is 3. The van der Waals surface area contributed by atoms with E-state index in [0.717, 1.165) is 11.3 Å². The monoisotopic (exact) mass is 259 g/mol. The summed E-state index contributed by atoms with van der Waals surface area (Å²) >= 11 is 0. The van der Waals surface area contributed by atoms with Gasteiger partial charge in [-0.25, -0.2) is 0 Å². The first-order valence-electron chi connectivity index (χ1n) is 6.61. The van der Waals surface area contributed by atoms with Crippen LogP contribution in [0.5, 0.6) is 5.75 Å². The van der Waals surface area contributed by atoms with E-state index in [2.05, 4.69) is 19.9 Å². The average Bonchev–Trinajstić information content (AvgIpc) is 2.38. The van der Waals surface area contributed by atoms with E-state index in [0.29, 0.717) is 12.5 Å². The van der Waals surface area contributed by atoms with Crippen LogP contribution in [0.25, 0.3) is 0 Å². The molecule has 0 spiro atoms. The van der Waals surface area contributed by atoms with E-state index in [1.165, 1.54) is 0 Å². The summed E-state index contributed by atoms with van der Waals surface area (Å²) in [6.07, 6.45) is 0. The fraction of sp³-hybridized carbons (Fsp3) is 0.500. The fourth-order valence-electron chi connectivity index (χ4n) is 1.66. The standard InChI is InChI=1S/C16H21NO2/c1-11(2)10-19-14-7-5-13(6-8-14)15(9-17)16(18)12(3)4/h5-8,11-12,15H,10H2,1-4H3. The molecule has 1 aromatic rings. The third kappa shape index (κ3) is 4.40. The molecule has 0 aliphatic heterocycles. The highest BCUT2D eigenvalue weighted by atomic mass is 16.5. The van der Waals surface area contributed by atoms with Crippen LogP contribution in [0, 0.1) is 23.2 Å². The zero-order chi connectivity index (χ0) is 14.4. The number of nitriles is 1. The molecule has 1 atom stereocenters. The second-order valence-electron chi connectivity index (χ2n) is 5.39. The third-order valence-electron chi connectivity index (χ3n) is 2.78. The number of rotatable bonds is 6. The van der Waals surface area contributed by atoms with Crippen molar-refractivity contribution in [1.29, 1.82) is 5.26 Å². The molecule has 3 heteroatoms. The van der Waals surface area contributed by atoms with Crippen molar-refractivity contribution in [3.05, 3.63) is 29.8 Å². The molecule has 0 fully saturated rings. The molecule has 1 unspecified atom stereocenters. The summed E-state index contributed by atoms with van der Waals surface area (Å²) in [4.78, 5) is 11.9. The predicted molar refractivity (Wildman–Crippen MR) is 75.0 cm³/mol. The highest BCUT2D eigenvalue weighted by Gasteiger charge is 2.22. The minimum absolute atomic E-state index is 0.0432. The van der Waals surface area contributed by atoms with E-state index in [1.54, 1.807) is 12.1 Å². The van der Waals surface area contributed by atoms with E-state index in [1.807, 2.05) is 26.0 Å². The first-order chi connectivity index (χ1) is 8.95. The average molecular weight is 259 g/mol. The molecule has 0 bridgehead atoms. The van der Waals surface area contributed by atoms with Crippen molar-refractivity contribution in [1.82, 2.24) is 0 Å². The Balaban J connectivity index is 2.80. The van der Waals surface area contributed by atoms with Crippen molar-refractivity contribution < 1.29 is 9.53 Å². The molecule has 1 rings (SSSR count). The van der Waals surface area contributed by atoms with Gasteiger partial charge in [0.15, 0.2) is 5.78 Å². The van der Waals surface area contributed by atoms with Gasteiger partial charge in [-0.2, -0.15) is 5.26 Å². The van der Waals surface area contributed by atoms with E-state index < -0.39 is 5.92 Å². The van der Waals surface area contributed by atoms with Crippen molar-refractivity contribution in [3.8, 4) is 11.8 Å². The second kappa shape index (κ2) is 6.94. The molecule has 0 saturated carbocycles. The van der Waals surface area contributed by atoms with Crippen molar-refractivity contribution >= 4 is 5.78 Å². The smallest absolute Gasteiger partial charge is 0.156 e. The van der Waals surface area contributed by atoms with Gasteiger partial charge >= 0.3 is 0 Å². The molecule has 0 aliphatic carbocycles. The van der Waals surface area contributed by atoms with Gasteiger partial charge in [0.2, 0.25) is 0 Å². The maximum absolute atomic E-state index is 11.9. The predicted octanol–water partition coefficient (Wildman–Crippen LogP) is 3.55. The van der Waals surface area contributed by atoms with Crippen LogP contribution >= 0.6 is 0 Å². The molecular formula is C16H21NO2. The molecule has 0 aliphatic rings. The number of benzene rings is 1. The van der Waals surface area contributed by atoms with Gasteiger partial charge in [0.25, 0.3) is 0 Å². The first kappa shape index (κ1) is 15.2. The zero-order valence-corrected chi connectivity index (χ0v) is 12.0. The van der Waals surface area contributed by atoms with Crippen LogP contribution < -0.4 is 4.74 Å². The summed E-state index contributed by atoms with van der Waals surface area (Å²) in [7, 11) is 0. The summed E-state index contributed by atoms with van der Waals surface area (Å²) in [5.41, 5.74) is 0.734. The number of hydrogen-bond donors (Lipinski definition) is 0. The number of ether oxygens (including phenoxy) is 1. The van der Waals surface area contributed by atoms with E-state index in [4.69, 9.17) is 10.00 Å². The molecule has 1 aromatic carbocycles.